The van der Waals surface area contributed by atoms with Crippen LogP contribution in [0, 0.1) is 5.92 Å². The Balaban J connectivity index is 2.59. The number of rotatable bonds is 3. The van der Waals surface area contributed by atoms with Gasteiger partial charge in [-0.25, -0.2) is 0 Å². The number of allylic oxidation sites excluding steroid dienone is 2. The molecule has 0 saturated heterocycles. The van der Waals surface area contributed by atoms with Crippen LogP contribution >= 0.6 is 0 Å². The molecule has 0 radical (unpaired) electrons. The summed E-state index contributed by atoms with van der Waals surface area (Å²) in [6.07, 6.45) is 6.50. The molecule has 1 aliphatic carbocycles. The van der Waals surface area contributed by atoms with Gasteiger partial charge in [0.2, 0.25) is 0 Å². The first kappa shape index (κ1) is 8.25. The van der Waals surface area contributed by atoms with Gasteiger partial charge in [-0.1, -0.05) is 12.7 Å². The lowest BCUT2D eigenvalue weighted by molar-refractivity contribution is 1.04. The van der Waals surface area contributed by atoms with Gasteiger partial charge in [0.25, 0.3) is 0 Å². The third kappa shape index (κ3) is 2.71. The number of aliphatic imine (C=N–C) groups is 1. The highest BCUT2D eigenvalue weighted by atomic mass is 14.7. The second-order valence-electron chi connectivity index (χ2n) is 3.18. The monoisotopic (exact) mass is 149 g/mol. The van der Waals surface area contributed by atoms with E-state index in [4.69, 9.17) is 0 Å². The predicted molar refractivity (Wildman–Crippen MR) is 49.8 cm³/mol. The smallest absolute Gasteiger partial charge is 0.0301 e. The van der Waals surface area contributed by atoms with Crippen molar-refractivity contribution in [3.63, 3.8) is 0 Å². The number of hydrogen-bond acceptors (Lipinski definition) is 1. The van der Waals surface area contributed by atoms with Crippen molar-refractivity contribution in [2.75, 3.05) is 0 Å². The summed E-state index contributed by atoms with van der Waals surface area (Å²) in [6, 6.07) is 0. The van der Waals surface area contributed by atoms with E-state index < -0.39 is 0 Å². The summed E-state index contributed by atoms with van der Waals surface area (Å²) < 4.78 is 0. The van der Waals surface area contributed by atoms with E-state index in [0.29, 0.717) is 0 Å². The molecule has 0 aromatic heterocycles. The molecule has 1 heteroatoms. The maximum absolute atomic E-state index is 4.24. The minimum Gasteiger partial charge on any atom is -0.266 e. The molecule has 0 atom stereocenters. The van der Waals surface area contributed by atoms with E-state index >= 15 is 0 Å². The fourth-order valence-electron chi connectivity index (χ4n) is 0.945. The van der Waals surface area contributed by atoms with Crippen LogP contribution in [0.2, 0.25) is 0 Å². The third-order valence-corrected chi connectivity index (χ3v) is 1.76. The van der Waals surface area contributed by atoms with Crippen LogP contribution in [0.15, 0.2) is 29.4 Å². The standard InChI is InChI=1S/C10H15N/c1-4-9(10-5-6-10)7-11-8(2)3/h4,7,10H,1,5-6H2,2-3H3/b9-7+. The SMILES string of the molecule is C=C/C(=C\N=C(C)C)C1CC1. The lowest BCUT2D eigenvalue weighted by Gasteiger charge is -1.93. The molecule has 0 aromatic carbocycles. The molecule has 1 saturated carbocycles. The summed E-state index contributed by atoms with van der Waals surface area (Å²) in [4.78, 5) is 4.24. The van der Waals surface area contributed by atoms with Crippen LogP contribution in [-0.2, 0) is 0 Å². The molecule has 0 spiro atoms. The van der Waals surface area contributed by atoms with Crippen LogP contribution in [-0.4, -0.2) is 5.71 Å². The highest BCUT2D eigenvalue weighted by Crippen LogP contribution is 2.36. The van der Waals surface area contributed by atoms with Crippen molar-refractivity contribution in [3.8, 4) is 0 Å². The minimum atomic E-state index is 0.760. The van der Waals surface area contributed by atoms with Gasteiger partial charge in [0, 0.05) is 11.9 Å². The van der Waals surface area contributed by atoms with Crippen LogP contribution in [0.1, 0.15) is 26.7 Å². The molecular formula is C10H15N. The Morgan fingerprint density at radius 2 is 2.09 bits per heavy atom. The van der Waals surface area contributed by atoms with Gasteiger partial charge in [-0.05, 0) is 38.2 Å². The summed E-state index contributed by atoms with van der Waals surface area (Å²) in [5.74, 6) is 0.760. The Morgan fingerprint density at radius 3 is 2.45 bits per heavy atom. The fraction of sp³-hybridized carbons (Fsp3) is 0.500. The molecule has 0 amide bonds. The summed E-state index contributed by atoms with van der Waals surface area (Å²) in [5, 5.41) is 0. The summed E-state index contributed by atoms with van der Waals surface area (Å²) in [6.45, 7) is 7.77. The van der Waals surface area contributed by atoms with Gasteiger partial charge in [0.05, 0.1) is 0 Å². The Kier molecular flexibility index (Phi) is 2.64. The van der Waals surface area contributed by atoms with Gasteiger partial charge in [-0.2, -0.15) is 0 Å². The van der Waals surface area contributed by atoms with E-state index in [-0.39, 0.29) is 0 Å². The summed E-state index contributed by atoms with van der Waals surface area (Å²) >= 11 is 0. The van der Waals surface area contributed by atoms with Crippen molar-refractivity contribution < 1.29 is 0 Å². The second kappa shape index (κ2) is 3.51. The molecule has 0 aromatic rings. The van der Waals surface area contributed by atoms with Gasteiger partial charge in [0.1, 0.15) is 0 Å². The average molecular weight is 149 g/mol. The quantitative estimate of drug-likeness (QED) is 0.432. The molecule has 1 aliphatic rings. The summed E-state index contributed by atoms with van der Waals surface area (Å²) in [5.41, 5.74) is 2.40. The van der Waals surface area contributed by atoms with Crippen LogP contribution in [0.25, 0.3) is 0 Å². The Hall–Kier alpha value is -0.850. The Bertz CT molecular complexity index is 203. The normalized spacial score (nSPS) is 17.8. The Morgan fingerprint density at radius 1 is 1.45 bits per heavy atom. The molecule has 1 nitrogen and oxygen atoms in total. The van der Waals surface area contributed by atoms with E-state index in [9.17, 15) is 0 Å². The molecule has 0 heterocycles. The molecule has 60 valence electrons. The van der Waals surface area contributed by atoms with Crippen molar-refractivity contribution in [1.29, 1.82) is 0 Å². The van der Waals surface area contributed by atoms with Gasteiger partial charge in [-0.3, -0.25) is 4.99 Å². The molecule has 0 aliphatic heterocycles. The molecule has 1 fully saturated rings. The van der Waals surface area contributed by atoms with Gasteiger partial charge in [-0.15, -0.1) is 0 Å². The van der Waals surface area contributed by atoms with Crippen molar-refractivity contribution >= 4 is 5.71 Å². The van der Waals surface area contributed by atoms with E-state index in [1.54, 1.807) is 0 Å². The zero-order valence-corrected chi connectivity index (χ0v) is 7.30. The van der Waals surface area contributed by atoms with Crippen LogP contribution in [0.3, 0.4) is 0 Å². The fourth-order valence-corrected chi connectivity index (χ4v) is 0.945. The first-order chi connectivity index (χ1) is 5.24. The topological polar surface area (TPSA) is 12.4 Å². The molecule has 0 unspecified atom stereocenters. The molecule has 1 rings (SSSR count). The van der Waals surface area contributed by atoms with Gasteiger partial charge < -0.3 is 0 Å². The third-order valence-electron chi connectivity index (χ3n) is 1.76. The lowest BCUT2D eigenvalue weighted by Crippen LogP contribution is -1.81. The first-order valence-electron chi connectivity index (χ1n) is 4.07. The average Bonchev–Trinajstić information content (AvgIpc) is 2.72. The first-order valence-corrected chi connectivity index (χ1v) is 4.07. The van der Waals surface area contributed by atoms with Crippen LogP contribution in [0.4, 0.5) is 0 Å². The van der Waals surface area contributed by atoms with Gasteiger partial charge >= 0.3 is 0 Å². The van der Waals surface area contributed by atoms with E-state index in [0.717, 1.165) is 11.6 Å². The van der Waals surface area contributed by atoms with Crippen LogP contribution < -0.4 is 0 Å². The lowest BCUT2D eigenvalue weighted by atomic mass is 10.2. The molecule has 11 heavy (non-hydrogen) atoms. The van der Waals surface area contributed by atoms with E-state index in [2.05, 4.69) is 11.6 Å². The molecule has 0 N–H and O–H groups in total. The zero-order valence-electron chi connectivity index (χ0n) is 7.30. The largest absolute Gasteiger partial charge is 0.266 e. The van der Waals surface area contributed by atoms with E-state index in [1.165, 1.54) is 18.4 Å². The van der Waals surface area contributed by atoms with Crippen molar-refractivity contribution in [2.45, 2.75) is 26.7 Å². The maximum Gasteiger partial charge on any atom is 0.0301 e. The van der Waals surface area contributed by atoms with Crippen molar-refractivity contribution in [3.05, 3.63) is 24.4 Å². The zero-order chi connectivity index (χ0) is 8.27. The van der Waals surface area contributed by atoms with Crippen LogP contribution in [0.5, 0.6) is 0 Å². The second-order valence-corrected chi connectivity index (χ2v) is 3.18. The number of hydrogen-bond donors (Lipinski definition) is 0. The number of nitrogens with zero attached hydrogens (tertiary/aromatic N) is 1. The molecular weight excluding hydrogens is 134 g/mol. The van der Waals surface area contributed by atoms with Crippen molar-refractivity contribution in [1.82, 2.24) is 0 Å². The minimum absolute atomic E-state index is 0.760. The van der Waals surface area contributed by atoms with E-state index in [1.807, 2.05) is 26.1 Å². The predicted octanol–water partition coefficient (Wildman–Crippen LogP) is 2.95. The highest BCUT2D eigenvalue weighted by molar-refractivity contribution is 5.79. The van der Waals surface area contributed by atoms with Gasteiger partial charge in [0.15, 0.2) is 0 Å². The maximum atomic E-state index is 4.24. The van der Waals surface area contributed by atoms with Crippen molar-refractivity contribution in [2.24, 2.45) is 10.9 Å². The molecule has 0 bridgehead atoms. The summed E-state index contributed by atoms with van der Waals surface area (Å²) in [7, 11) is 0. The Labute approximate surface area is 68.5 Å². The highest BCUT2D eigenvalue weighted by Gasteiger charge is 2.23.